The van der Waals surface area contributed by atoms with Crippen molar-refractivity contribution in [3.63, 3.8) is 0 Å². The largest absolute Gasteiger partial charge is 0.356 e. The number of amides is 1. The van der Waals surface area contributed by atoms with Gasteiger partial charge in [-0.3, -0.25) is 14.4 Å². The standard InChI is InChI=1S/C24H29N7O/c1-25-24(27-16-22-29-28-18-31(22)21-10-6-3-7-11-21)26-15-20-14-23(32)30(17-20)13-12-19-8-4-2-5-9-19/h2-11,18,20H,12-17H2,1H3,(H2,25,26,27). The lowest BCUT2D eigenvalue weighted by atomic mass is 10.1. The first-order chi connectivity index (χ1) is 15.7. The van der Waals surface area contributed by atoms with Crippen LogP contribution in [0.2, 0.25) is 0 Å². The van der Waals surface area contributed by atoms with Crippen LogP contribution in [-0.4, -0.2) is 58.2 Å². The van der Waals surface area contributed by atoms with E-state index in [4.69, 9.17) is 0 Å². The van der Waals surface area contributed by atoms with Crippen molar-refractivity contribution in [3.05, 3.63) is 78.4 Å². The van der Waals surface area contributed by atoms with Gasteiger partial charge in [0.25, 0.3) is 0 Å². The van der Waals surface area contributed by atoms with Crippen molar-refractivity contribution in [1.82, 2.24) is 30.3 Å². The number of nitrogens with one attached hydrogen (secondary N) is 2. The summed E-state index contributed by atoms with van der Waals surface area (Å²) in [7, 11) is 1.74. The fourth-order valence-corrected chi connectivity index (χ4v) is 3.92. The second-order valence-corrected chi connectivity index (χ2v) is 7.90. The highest BCUT2D eigenvalue weighted by Gasteiger charge is 2.29. The number of aromatic nitrogens is 3. The molecule has 1 aromatic heterocycles. The van der Waals surface area contributed by atoms with Gasteiger partial charge in [-0.1, -0.05) is 48.5 Å². The minimum atomic E-state index is 0.228. The molecule has 0 saturated carbocycles. The molecule has 1 aliphatic heterocycles. The Bertz CT molecular complexity index is 1030. The minimum Gasteiger partial charge on any atom is -0.356 e. The Morgan fingerprint density at radius 1 is 1.09 bits per heavy atom. The monoisotopic (exact) mass is 431 g/mol. The zero-order valence-corrected chi connectivity index (χ0v) is 18.3. The predicted octanol–water partition coefficient (Wildman–Crippen LogP) is 2.02. The number of hydrogen-bond acceptors (Lipinski definition) is 4. The number of benzene rings is 2. The maximum absolute atomic E-state index is 12.4. The molecule has 1 aliphatic rings. The van der Waals surface area contributed by atoms with Gasteiger partial charge in [0.15, 0.2) is 11.8 Å². The molecule has 1 saturated heterocycles. The molecular weight excluding hydrogens is 402 g/mol. The molecule has 2 N–H and O–H groups in total. The fourth-order valence-electron chi connectivity index (χ4n) is 3.92. The summed E-state index contributed by atoms with van der Waals surface area (Å²) in [6, 6.07) is 20.3. The van der Waals surface area contributed by atoms with Crippen molar-refractivity contribution < 1.29 is 4.79 Å². The maximum Gasteiger partial charge on any atom is 0.223 e. The van der Waals surface area contributed by atoms with Crippen LogP contribution in [-0.2, 0) is 17.8 Å². The van der Waals surface area contributed by atoms with Crippen LogP contribution in [0.1, 0.15) is 17.8 Å². The third-order valence-corrected chi connectivity index (χ3v) is 5.66. The Kier molecular flexibility index (Phi) is 7.12. The van der Waals surface area contributed by atoms with Gasteiger partial charge in [0.05, 0.1) is 6.54 Å². The van der Waals surface area contributed by atoms with Crippen molar-refractivity contribution in [1.29, 1.82) is 0 Å². The normalized spacial score (nSPS) is 16.4. The van der Waals surface area contributed by atoms with Crippen LogP contribution in [0.25, 0.3) is 5.69 Å². The molecule has 166 valence electrons. The van der Waals surface area contributed by atoms with Crippen LogP contribution in [0.5, 0.6) is 0 Å². The number of hydrogen-bond donors (Lipinski definition) is 2. The highest BCUT2D eigenvalue weighted by Crippen LogP contribution is 2.17. The number of carbonyl (C=O) groups is 1. The summed E-state index contributed by atoms with van der Waals surface area (Å²) in [6.07, 6.45) is 3.16. The van der Waals surface area contributed by atoms with Crippen LogP contribution in [0.3, 0.4) is 0 Å². The van der Waals surface area contributed by atoms with E-state index in [1.165, 1.54) is 5.56 Å². The summed E-state index contributed by atoms with van der Waals surface area (Å²) >= 11 is 0. The number of likely N-dealkylation sites (tertiary alicyclic amines) is 1. The van der Waals surface area contributed by atoms with Crippen molar-refractivity contribution in [2.45, 2.75) is 19.4 Å². The van der Waals surface area contributed by atoms with Crippen LogP contribution < -0.4 is 10.6 Å². The van der Waals surface area contributed by atoms with Gasteiger partial charge in [0.1, 0.15) is 6.33 Å². The number of nitrogens with zero attached hydrogens (tertiary/aromatic N) is 5. The highest BCUT2D eigenvalue weighted by molar-refractivity contribution is 5.80. The Hall–Kier alpha value is -3.68. The lowest BCUT2D eigenvalue weighted by molar-refractivity contribution is -0.127. The van der Waals surface area contributed by atoms with Crippen molar-refractivity contribution in [2.75, 3.05) is 26.7 Å². The van der Waals surface area contributed by atoms with E-state index in [1.54, 1.807) is 13.4 Å². The van der Waals surface area contributed by atoms with Gasteiger partial charge in [0, 0.05) is 44.7 Å². The van der Waals surface area contributed by atoms with Crippen molar-refractivity contribution in [2.24, 2.45) is 10.9 Å². The first-order valence-corrected chi connectivity index (χ1v) is 10.9. The van der Waals surface area contributed by atoms with Gasteiger partial charge in [-0.2, -0.15) is 0 Å². The molecule has 1 atom stereocenters. The van der Waals surface area contributed by atoms with Gasteiger partial charge in [0.2, 0.25) is 5.91 Å². The molecule has 3 aromatic rings. The molecule has 1 unspecified atom stereocenters. The number of carbonyl (C=O) groups excluding carboxylic acids is 1. The van der Waals surface area contributed by atoms with Crippen LogP contribution in [0.15, 0.2) is 72.0 Å². The molecule has 2 aromatic carbocycles. The summed E-state index contributed by atoms with van der Waals surface area (Å²) in [4.78, 5) is 18.7. The van der Waals surface area contributed by atoms with Gasteiger partial charge >= 0.3 is 0 Å². The van der Waals surface area contributed by atoms with E-state index in [2.05, 4.69) is 38.0 Å². The predicted molar refractivity (Wildman–Crippen MR) is 124 cm³/mol. The number of guanidine groups is 1. The van der Waals surface area contributed by atoms with Gasteiger partial charge < -0.3 is 15.5 Å². The summed E-state index contributed by atoms with van der Waals surface area (Å²) in [5.41, 5.74) is 2.27. The second-order valence-electron chi connectivity index (χ2n) is 7.90. The molecule has 2 heterocycles. The Morgan fingerprint density at radius 2 is 1.84 bits per heavy atom. The van der Waals surface area contributed by atoms with Crippen molar-refractivity contribution >= 4 is 11.9 Å². The summed E-state index contributed by atoms with van der Waals surface area (Å²) in [5.74, 6) is 1.97. The minimum absolute atomic E-state index is 0.228. The van der Waals surface area contributed by atoms with Gasteiger partial charge in [-0.05, 0) is 24.1 Å². The average Bonchev–Trinajstić information content (AvgIpc) is 3.45. The summed E-state index contributed by atoms with van der Waals surface area (Å²) in [5, 5.41) is 14.9. The molecule has 8 heteroatoms. The smallest absolute Gasteiger partial charge is 0.223 e. The van der Waals surface area contributed by atoms with Crippen LogP contribution in [0.4, 0.5) is 0 Å². The molecule has 1 fully saturated rings. The summed E-state index contributed by atoms with van der Waals surface area (Å²) < 4.78 is 1.94. The van der Waals surface area contributed by atoms with E-state index >= 15 is 0 Å². The van der Waals surface area contributed by atoms with Gasteiger partial charge in [-0.15, -0.1) is 10.2 Å². The summed E-state index contributed by atoms with van der Waals surface area (Å²) in [6.45, 7) is 2.72. The molecule has 32 heavy (non-hydrogen) atoms. The first-order valence-electron chi connectivity index (χ1n) is 10.9. The fraction of sp³-hybridized carbons (Fsp3) is 0.333. The topological polar surface area (TPSA) is 87.4 Å². The van der Waals surface area contributed by atoms with E-state index < -0.39 is 0 Å². The third kappa shape index (κ3) is 5.51. The molecule has 0 spiro atoms. The number of para-hydroxylation sites is 1. The van der Waals surface area contributed by atoms with Crippen LogP contribution in [0, 0.1) is 5.92 Å². The second kappa shape index (κ2) is 10.6. The average molecular weight is 432 g/mol. The molecule has 0 aliphatic carbocycles. The SMILES string of the molecule is CN=C(NCc1nncn1-c1ccccc1)NCC1CC(=O)N(CCc2ccccc2)C1. The van der Waals surface area contributed by atoms with E-state index in [0.29, 0.717) is 25.5 Å². The third-order valence-electron chi connectivity index (χ3n) is 5.66. The molecule has 4 rings (SSSR count). The quantitative estimate of drug-likeness (QED) is 0.421. The van der Waals surface area contributed by atoms with Crippen molar-refractivity contribution in [3.8, 4) is 5.69 Å². The van der Waals surface area contributed by atoms with Crippen LogP contribution >= 0.6 is 0 Å². The zero-order valence-electron chi connectivity index (χ0n) is 18.3. The molecule has 0 radical (unpaired) electrons. The molecule has 0 bridgehead atoms. The van der Waals surface area contributed by atoms with E-state index in [9.17, 15) is 4.79 Å². The van der Waals surface area contributed by atoms with E-state index in [1.807, 2.05) is 58.0 Å². The Labute approximate surface area is 188 Å². The Balaban J connectivity index is 1.24. The van der Waals surface area contributed by atoms with E-state index in [0.717, 1.165) is 31.0 Å². The molecular formula is C24H29N7O. The number of aliphatic imine (C=N–C) groups is 1. The molecule has 1 amide bonds. The highest BCUT2D eigenvalue weighted by atomic mass is 16.2. The molecule has 8 nitrogen and oxygen atoms in total. The van der Waals surface area contributed by atoms with Gasteiger partial charge in [-0.25, -0.2) is 0 Å². The Morgan fingerprint density at radius 3 is 2.59 bits per heavy atom. The maximum atomic E-state index is 12.4. The first kappa shape index (κ1) is 21.5. The zero-order chi connectivity index (χ0) is 22.2. The van der Waals surface area contributed by atoms with E-state index in [-0.39, 0.29) is 11.8 Å². The lowest BCUT2D eigenvalue weighted by Crippen LogP contribution is -2.40. The lowest BCUT2D eigenvalue weighted by Gasteiger charge is -2.18. The number of rotatable bonds is 8.